The number of rotatable bonds is 5. The Labute approximate surface area is 427 Å². The smallest absolute Gasteiger partial charge is 0.214 e. The van der Waals surface area contributed by atoms with Gasteiger partial charge in [-0.25, -0.2) is 4.85 Å². The van der Waals surface area contributed by atoms with Gasteiger partial charge in [0, 0.05) is 53.9 Å². The van der Waals surface area contributed by atoms with Crippen LogP contribution in [0, 0.1) is 17.9 Å². The first-order valence-corrected chi connectivity index (χ1v) is 25.0. The van der Waals surface area contributed by atoms with Crippen LogP contribution in [0.1, 0.15) is 5.56 Å². The number of nitrogens with zero attached hydrogens (tertiary/aromatic N) is 5. The highest BCUT2D eigenvalue weighted by Gasteiger charge is 2.32. The van der Waals surface area contributed by atoms with Crippen LogP contribution >= 0.6 is 0 Å². The molecule has 5 aromatic heterocycles. The molecule has 7 nitrogen and oxygen atoms in total. The van der Waals surface area contributed by atoms with Gasteiger partial charge in [-0.3, -0.25) is 0 Å². The fraction of sp³-hybridized carbons (Fsp3) is 0. The fourth-order valence-electron chi connectivity index (χ4n) is 12.3. The van der Waals surface area contributed by atoms with Crippen molar-refractivity contribution < 1.29 is 8.83 Å². The van der Waals surface area contributed by atoms with Crippen LogP contribution in [0.5, 0.6) is 0 Å². The van der Waals surface area contributed by atoms with Crippen molar-refractivity contribution in [2.45, 2.75) is 0 Å². The van der Waals surface area contributed by atoms with E-state index in [1.165, 1.54) is 0 Å². The lowest BCUT2D eigenvalue weighted by atomic mass is 10.0. The number of furan rings is 2. The highest BCUT2D eigenvalue weighted by Crippen LogP contribution is 2.51. The molecule has 0 saturated heterocycles. The predicted octanol–water partition coefficient (Wildman–Crippen LogP) is 18.5. The first kappa shape index (κ1) is 41.1. The Morgan fingerprint density at radius 2 is 0.773 bits per heavy atom. The van der Waals surface area contributed by atoms with E-state index < -0.39 is 0 Å². The van der Waals surface area contributed by atoms with Crippen LogP contribution in [0.2, 0.25) is 0 Å². The Bertz CT molecular complexity index is 4890. The van der Waals surface area contributed by atoms with Crippen LogP contribution in [0.3, 0.4) is 0 Å². The number of hydrogen-bond acceptors (Lipinski definition) is 3. The van der Waals surface area contributed by atoms with Crippen molar-refractivity contribution in [1.82, 2.24) is 13.7 Å². The molecule has 0 aliphatic carbocycles. The molecule has 0 fully saturated rings. The summed E-state index contributed by atoms with van der Waals surface area (Å²) in [5.41, 5.74) is 15.0. The number of nitriles is 1. The Morgan fingerprint density at radius 1 is 0.347 bits per heavy atom. The van der Waals surface area contributed by atoms with Gasteiger partial charge in [0.25, 0.3) is 0 Å². The summed E-state index contributed by atoms with van der Waals surface area (Å²) in [5.74, 6) is 0. The second-order valence-corrected chi connectivity index (χ2v) is 19.3. The van der Waals surface area contributed by atoms with Crippen molar-refractivity contribution in [2.24, 2.45) is 0 Å². The van der Waals surface area contributed by atoms with Crippen molar-refractivity contribution in [1.29, 1.82) is 5.26 Å². The third kappa shape index (κ3) is 5.67. The number of hydrogen-bond donors (Lipinski definition) is 0. The molecule has 0 aliphatic heterocycles. The average molecular weight is 956 g/mol. The summed E-state index contributed by atoms with van der Waals surface area (Å²) in [5, 5.41) is 21.8. The topological polar surface area (TPSA) is 69.2 Å². The molecule has 0 radical (unpaired) electrons. The minimum Gasteiger partial charge on any atom is -0.454 e. The summed E-state index contributed by atoms with van der Waals surface area (Å²) in [6.45, 7) is 9.25. The second-order valence-electron chi connectivity index (χ2n) is 19.3. The molecule has 7 heteroatoms. The largest absolute Gasteiger partial charge is 0.454 e. The number of para-hydroxylation sites is 4. The standard InChI is InChI=1S/C68H37N5O2/c1-70-55-38-44(39-69)62(72-58-34-28-42(40-16-4-2-5-17-40)36-53(58)49-30-32-51-47-22-10-14-26-60(47)74-67(51)63(49)72)66(71-56-24-12-8-20-45(56)46-21-9-13-25-57(46)71)65(55)73-59-35-29-43(41-18-6-3-7-19-41)37-54(59)50-31-33-52-48-23-11-15-27-61(48)75-68(52)64(50)73/h2-38H. The molecule has 0 unspecified atom stereocenters. The molecule has 0 bridgehead atoms. The van der Waals surface area contributed by atoms with Crippen LogP contribution in [-0.4, -0.2) is 13.7 Å². The molecule has 16 aromatic rings. The normalized spacial score (nSPS) is 12.0. The summed E-state index contributed by atoms with van der Waals surface area (Å²) in [6.07, 6.45) is 0. The maximum Gasteiger partial charge on any atom is 0.214 e. The van der Waals surface area contributed by atoms with E-state index in [1.807, 2.05) is 48.5 Å². The molecule has 0 atom stereocenters. The van der Waals surface area contributed by atoms with Gasteiger partial charge in [0.05, 0.1) is 62.3 Å². The van der Waals surface area contributed by atoms with Gasteiger partial charge in [0.1, 0.15) is 17.2 Å². The molecular formula is C68H37N5O2. The lowest BCUT2D eigenvalue weighted by Crippen LogP contribution is -2.11. The minimum absolute atomic E-state index is 0.312. The fourth-order valence-corrected chi connectivity index (χ4v) is 12.3. The van der Waals surface area contributed by atoms with Crippen molar-refractivity contribution in [3.63, 3.8) is 0 Å². The molecule has 16 rings (SSSR count). The molecule has 346 valence electrons. The average Bonchev–Trinajstić information content (AvgIpc) is 4.40. The van der Waals surface area contributed by atoms with Crippen LogP contribution in [0.25, 0.3) is 153 Å². The predicted molar refractivity (Wildman–Crippen MR) is 306 cm³/mol. The summed E-state index contributed by atoms with van der Waals surface area (Å²) in [4.78, 5) is 4.44. The summed E-state index contributed by atoms with van der Waals surface area (Å²) in [7, 11) is 0. The van der Waals surface area contributed by atoms with E-state index in [0.717, 1.165) is 120 Å². The first-order valence-electron chi connectivity index (χ1n) is 25.0. The summed E-state index contributed by atoms with van der Waals surface area (Å²) < 4.78 is 20.8. The monoisotopic (exact) mass is 955 g/mol. The Balaban J connectivity index is 1.17. The molecule has 75 heavy (non-hydrogen) atoms. The van der Waals surface area contributed by atoms with E-state index in [1.54, 1.807) is 6.07 Å². The van der Waals surface area contributed by atoms with Gasteiger partial charge in [0.2, 0.25) is 5.69 Å². The Morgan fingerprint density at radius 3 is 1.27 bits per heavy atom. The van der Waals surface area contributed by atoms with Crippen molar-refractivity contribution in [3.8, 4) is 45.4 Å². The zero-order valence-corrected chi connectivity index (χ0v) is 39.9. The first-order chi connectivity index (χ1) is 37.1. The zero-order chi connectivity index (χ0) is 49.5. The van der Waals surface area contributed by atoms with E-state index in [0.29, 0.717) is 39.5 Å². The van der Waals surface area contributed by atoms with Gasteiger partial charge < -0.3 is 22.5 Å². The second kappa shape index (κ2) is 15.5. The number of aromatic nitrogens is 3. The van der Waals surface area contributed by atoms with Gasteiger partial charge in [-0.05, 0) is 89.0 Å². The summed E-state index contributed by atoms with van der Waals surface area (Å²) in [6, 6.07) is 80.5. The van der Waals surface area contributed by atoms with Crippen LogP contribution in [0.15, 0.2) is 233 Å². The van der Waals surface area contributed by atoms with Crippen molar-refractivity contribution in [3.05, 3.63) is 241 Å². The lowest BCUT2D eigenvalue weighted by Gasteiger charge is -2.24. The molecule has 0 N–H and O–H groups in total. The summed E-state index contributed by atoms with van der Waals surface area (Å²) >= 11 is 0. The van der Waals surface area contributed by atoms with Gasteiger partial charge in [0.15, 0.2) is 11.2 Å². The number of fused-ring (bicyclic) bond motifs is 17. The third-order valence-electron chi connectivity index (χ3n) is 15.5. The molecule has 5 heterocycles. The zero-order valence-electron chi connectivity index (χ0n) is 39.9. The highest BCUT2D eigenvalue weighted by atomic mass is 16.3. The van der Waals surface area contributed by atoms with Crippen molar-refractivity contribution in [2.75, 3.05) is 0 Å². The van der Waals surface area contributed by atoms with Crippen LogP contribution in [0.4, 0.5) is 5.69 Å². The van der Waals surface area contributed by atoms with Gasteiger partial charge in [-0.2, -0.15) is 5.26 Å². The lowest BCUT2D eigenvalue weighted by molar-refractivity contribution is 0.671. The molecule has 0 amide bonds. The maximum atomic E-state index is 11.9. The maximum absolute atomic E-state index is 11.9. The van der Waals surface area contributed by atoms with E-state index >= 15 is 0 Å². The Kier molecular flexibility index (Phi) is 8.46. The molecule has 0 spiro atoms. The molecular weight excluding hydrogens is 919 g/mol. The minimum atomic E-state index is 0.312. The van der Waals surface area contributed by atoms with E-state index in [-0.39, 0.29) is 0 Å². The highest BCUT2D eigenvalue weighted by molar-refractivity contribution is 6.25. The van der Waals surface area contributed by atoms with Crippen LogP contribution in [-0.2, 0) is 0 Å². The molecule has 0 saturated carbocycles. The SMILES string of the molecule is [C-]#[N+]c1cc(C#N)c(-n2c3ccc(-c4ccccc4)cc3c3ccc4c5ccccc5oc4c32)c(-n2c3ccccc3c3ccccc32)c1-n1c2ccc(-c3ccccc3)cc2c2ccc3c4ccccc4oc3c21. The van der Waals surface area contributed by atoms with E-state index in [4.69, 9.17) is 8.83 Å². The van der Waals surface area contributed by atoms with Crippen LogP contribution < -0.4 is 0 Å². The molecule has 0 aliphatic rings. The number of benzene rings is 11. The quantitative estimate of drug-likeness (QED) is 0.161. The van der Waals surface area contributed by atoms with Gasteiger partial charge >= 0.3 is 0 Å². The van der Waals surface area contributed by atoms with Gasteiger partial charge in [-0.15, -0.1) is 0 Å². The van der Waals surface area contributed by atoms with E-state index in [9.17, 15) is 11.8 Å². The Hall–Kier alpha value is -10.6. The third-order valence-corrected chi connectivity index (χ3v) is 15.5. The molecule has 11 aromatic carbocycles. The van der Waals surface area contributed by atoms with Gasteiger partial charge in [-0.1, -0.05) is 158 Å². The van der Waals surface area contributed by atoms with E-state index in [2.05, 4.69) is 194 Å². The van der Waals surface area contributed by atoms with Crippen molar-refractivity contribution >= 4 is 115 Å².